The minimum atomic E-state index is -0.176. The number of fused-ring (bicyclic) bond motifs is 1. The molecule has 190 valence electrons. The lowest BCUT2D eigenvalue weighted by molar-refractivity contribution is -0.113. The van der Waals surface area contributed by atoms with Crippen molar-refractivity contribution >= 4 is 40.2 Å². The van der Waals surface area contributed by atoms with Crippen molar-refractivity contribution in [3.63, 3.8) is 0 Å². The molecule has 0 aliphatic carbocycles. The van der Waals surface area contributed by atoms with Gasteiger partial charge in [0.2, 0.25) is 5.91 Å². The molecule has 0 spiro atoms. The van der Waals surface area contributed by atoms with Crippen LogP contribution in [0.4, 0.5) is 5.69 Å². The Labute approximate surface area is 220 Å². The Kier molecular flexibility index (Phi) is 8.40. The van der Waals surface area contributed by atoms with Crippen LogP contribution in [0, 0.1) is 13.8 Å². The zero-order chi connectivity index (χ0) is 26.4. The van der Waals surface area contributed by atoms with E-state index in [2.05, 4.69) is 10.6 Å². The van der Waals surface area contributed by atoms with Crippen LogP contribution in [-0.2, 0) is 11.3 Å². The predicted molar refractivity (Wildman–Crippen MR) is 149 cm³/mol. The number of thioether (sulfide) groups is 1. The molecule has 8 heteroatoms. The van der Waals surface area contributed by atoms with Crippen LogP contribution in [-0.4, -0.2) is 33.7 Å². The highest BCUT2D eigenvalue weighted by Crippen LogP contribution is 2.20. The van der Waals surface area contributed by atoms with Gasteiger partial charge in [-0.05, 0) is 73.4 Å². The molecule has 4 rings (SSSR count). The molecule has 37 heavy (non-hydrogen) atoms. The van der Waals surface area contributed by atoms with Crippen molar-refractivity contribution < 1.29 is 9.59 Å². The average molecular weight is 515 g/mol. The quantitative estimate of drug-likeness (QED) is 0.244. The molecule has 3 aromatic carbocycles. The molecule has 0 fully saturated rings. The Morgan fingerprint density at radius 3 is 2.46 bits per heavy atom. The van der Waals surface area contributed by atoms with E-state index in [1.807, 2.05) is 63.2 Å². The van der Waals surface area contributed by atoms with Gasteiger partial charge in [-0.25, -0.2) is 4.98 Å². The van der Waals surface area contributed by atoms with E-state index in [1.165, 1.54) is 11.8 Å². The first-order chi connectivity index (χ1) is 17.9. The van der Waals surface area contributed by atoms with E-state index in [4.69, 9.17) is 4.98 Å². The molecular formula is C29H30N4O3S. The molecule has 0 aliphatic heterocycles. The number of amides is 2. The van der Waals surface area contributed by atoms with E-state index in [-0.39, 0.29) is 29.7 Å². The third-order valence-electron chi connectivity index (χ3n) is 6.04. The number of benzene rings is 3. The van der Waals surface area contributed by atoms with Gasteiger partial charge in [0.05, 0.1) is 23.2 Å². The van der Waals surface area contributed by atoms with Crippen molar-refractivity contribution in [3.05, 3.63) is 99.3 Å². The van der Waals surface area contributed by atoms with Crippen molar-refractivity contribution in [1.82, 2.24) is 14.9 Å². The molecule has 0 radical (unpaired) electrons. The van der Waals surface area contributed by atoms with Crippen molar-refractivity contribution in [3.8, 4) is 0 Å². The smallest absolute Gasteiger partial charge is 0.262 e. The van der Waals surface area contributed by atoms with E-state index in [0.29, 0.717) is 28.2 Å². The molecule has 1 aromatic heterocycles. The lowest BCUT2D eigenvalue weighted by Gasteiger charge is -2.14. The Morgan fingerprint density at radius 1 is 0.973 bits per heavy atom. The molecule has 0 bridgehead atoms. The van der Waals surface area contributed by atoms with Crippen LogP contribution >= 0.6 is 11.8 Å². The molecule has 7 nitrogen and oxygen atoms in total. The number of hydrogen-bond donors (Lipinski definition) is 2. The monoisotopic (exact) mass is 514 g/mol. The zero-order valence-corrected chi connectivity index (χ0v) is 22.0. The van der Waals surface area contributed by atoms with Gasteiger partial charge in [-0.2, -0.15) is 0 Å². The Morgan fingerprint density at radius 2 is 1.73 bits per heavy atom. The minimum absolute atomic E-state index is 0.105. The second-order valence-corrected chi connectivity index (χ2v) is 9.83. The second-order valence-electron chi connectivity index (χ2n) is 8.89. The molecule has 0 atom stereocenters. The fourth-order valence-corrected chi connectivity index (χ4v) is 4.63. The summed E-state index contributed by atoms with van der Waals surface area (Å²) in [5, 5.41) is 6.76. The highest BCUT2D eigenvalue weighted by atomic mass is 32.2. The molecule has 0 saturated heterocycles. The molecule has 1 heterocycles. The van der Waals surface area contributed by atoms with E-state index in [9.17, 15) is 14.4 Å². The summed E-state index contributed by atoms with van der Waals surface area (Å²) in [7, 11) is 0. The van der Waals surface area contributed by atoms with Gasteiger partial charge in [-0.15, -0.1) is 0 Å². The number of carbonyl (C=O) groups is 2. The van der Waals surface area contributed by atoms with Crippen molar-refractivity contribution in [2.45, 2.75) is 38.9 Å². The zero-order valence-electron chi connectivity index (χ0n) is 21.2. The van der Waals surface area contributed by atoms with Crippen molar-refractivity contribution in [2.24, 2.45) is 0 Å². The van der Waals surface area contributed by atoms with Crippen LogP contribution in [0.25, 0.3) is 10.9 Å². The maximum absolute atomic E-state index is 13.4. The number of para-hydroxylation sites is 1. The summed E-state index contributed by atoms with van der Waals surface area (Å²) in [5.74, 6) is -0.192. The van der Waals surface area contributed by atoms with Gasteiger partial charge in [-0.3, -0.25) is 19.0 Å². The number of hydrogen-bond acceptors (Lipinski definition) is 5. The normalized spacial score (nSPS) is 10.9. The predicted octanol–water partition coefficient (Wildman–Crippen LogP) is 4.93. The molecule has 2 amide bonds. The van der Waals surface area contributed by atoms with Gasteiger partial charge in [0, 0.05) is 17.8 Å². The van der Waals surface area contributed by atoms with Gasteiger partial charge >= 0.3 is 0 Å². The fourth-order valence-electron chi connectivity index (χ4n) is 3.83. The van der Waals surface area contributed by atoms with E-state index >= 15 is 0 Å². The van der Waals surface area contributed by atoms with E-state index in [0.717, 1.165) is 28.8 Å². The van der Waals surface area contributed by atoms with E-state index < -0.39 is 0 Å². The number of anilines is 1. The van der Waals surface area contributed by atoms with Gasteiger partial charge in [-0.1, -0.05) is 49.0 Å². The SMILES string of the molecule is CCCNC(=O)c1ccc(Cn2c(SCC(=O)Nc3ccc(C)c(C)c3)nc3ccccc3c2=O)cc1. The minimum Gasteiger partial charge on any atom is -0.352 e. The van der Waals surface area contributed by atoms with E-state index in [1.54, 1.807) is 28.8 Å². The van der Waals surface area contributed by atoms with Crippen LogP contribution in [0.5, 0.6) is 0 Å². The lowest BCUT2D eigenvalue weighted by Crippen LogP contribution is -2.25. The summed E-state index contributed by atoms with van der Waals surface area (Å²) in [4.78, 5) is 43.0. The lowest BCUT2D eigenvalue weighted by atomic mass is 10.1. The molecule has 0 aliphatic rings. The fraction of sp³-hybridized carbons (Fsp3) is 0.241. The average Bonchev–Trinajstić information content (AvgIpc) is 2.90. The van der Waals surface area contributed by atoms with Gasteiger partial charge in [0.25, 0.3) is 11.5 Å². The largest absolute Gasteiger partial charge is 0.352 e. The number of nitrogens with zero attached hydrogens (tertiary/aromatic N) is 2. The van der Waals surface area contributed by atoms with Crippen LogP contribution in [0.1, 0.15) is 40.4 Å². The number of nitrogens with one attached hydrogen (secondary N) is 2. The molecule has 2 N–H and O–H groups in total. The third-order valence-corrected chi connectivity index (χ3v) is 7.02. The number of aromatic nitrogens is 2. The summed E-state index contributed by atoms with van der Waals surface area (Å²) in [6.07, 6.45) is 0.866. The van der Waals surface area contributed by atoms with Crippen molar-refractivity contribution in [1.29, 1.82) is 0 Å². The highest BCUT2D eigenvalue weighted by Gasteiger charge is 2.15. The maximum atomic E-state index is 13.4. The molecule has 0 unspecified atom stereocenters. The van der Waals surface area contributed by atoms with Gasteiger partial charge in [0.15, 0.2) is 5.16 Å². The molecule has 0 saturated carbocycles. The topological polar surface area (TPSA) is 93.1 Å². The Balaban J connectivity index is 1.56. The summed E-state index contributed by atoms with van der Waals surface area (Å²) >= 11 is 1.22. The number of aryl methyl sites for hydroxylation is 2. The summed E-state index contributed by atoms with van der Waals surface area (Å²) in [5.41, 5.74) is 4.83. The summed E-state index contributed by atoms with van der Waals surface area (Å²) < 4.78 is 1.59. The first-order valence-electron chi connectivity index (χ1n) is 12.2. The third kappa shape index (κ3) is 6.46. The summed E-state index contributed by atoms with van der Waals surface area (Å²) in [6.45, 7) is 6.92. The van der Waals surface area contributed by atoms with Crippen LogP contribution in [0.15, 0.2) is 76.7 Å². The first-order valence-corrected chi connectivity index (χ1v) is 13.2. The maximum Gasteiger partial charge on any atom is 0.262 e. The van der Waals surface area contributed by atoms with Crippen molar-refractivity contribution in [2.75, 3.05) is 17.6 Å². The molecular weight excluding hydrogens is 484 g/mol. The van der Waals surface area contributed by atoms with Gasteiger partial charge in [0.1, 0.15) is 0 Å². The highest BCUT2D eigenvalue weighted by molar-refractivity contribution is 7.99. The Hall–Kier alpha value is -3.91. The summed E-state index contributed by atoms with van der Waals surface area (Å²) in [6, 6.07) is 20.2. The second kappa shape index (κ2) is 11.9. The van der Waals surface area contributed by atoms with Crippen LogP contribution in [0.3, 0.4) is 0 Å². The Bertz CT molecular complexity index is 1500. The van der Waals surface area contributed by atoms with Gasteiger partial charge < -0.3 is 10.6 Å². The molecule has 4 aromatic rings. The number of carbonyl (C=O) groups excluding carboxylic acids is 2. The standard InChI is InChI=1S/C29H30N4O3S/c1-4-15-30-27(35)22-12-10-21(11-13-22)17-33-28(36)24-7-5-6-8-25(24)32-29(33)37-18-26(34)31-23-14-9-19(2)20(3)16-23/h5-14,16H,4,15,17-18H2,1-3H3,(H,30,35)(H,31,34). The van der Waals surface area contributed by atoms with Crippen LogP contribution in [0.2, 0.25) is 0 Å². The van der Waals surface area contributed by atoms with Crippen LogP contribution < -0.4 is 16.2 Å². The first kappa shape index (κ1) is 26.2. The number of rotatable bonds is 9.